The van der Waals surface area contributed by atoms with E-state index in [1.165, 1.54) is 0 Å². The molecule has 0 unspecified atom stereocenters. The van der Waals surface area contributed by atoms with Gasteiger partial charge in [-0.15, -0.1) is 0 Å². The zero-order valence-corrected chi connectivity index (χ0v) is 11.2. The van der Waals surface area contributed by atoms with Gasteiger partial charge in [-0.1, -0.05) is 30.3 Å². The maximum atomic E-state index is 12.0. The van der Waals surface area contributed by atoms with Gasteiger partial charge < -0.3 is 9.64 Å². The highest BCUT2D eigenvalue weighted by Crippen LogP contribution is 2.21. The molecule has 1 atom stereocenters. The fraction of sp³-hybridized carbons (Fsp3) is 0.467. The first-order valence-corrected chi connectivity index (χ1v) is 6.63. The Balaban J connectivity index is 1.87. The highest BCUT2D eigenvalue weighted by molar-refractivity contribution is 5.77. The Morgan fingerprint density at radius 1 is 1.32 bits per heavy atom. The molecule has 0 aromatic heterocycles. The van der Waals surface area contributed by atoms with Gasteiger partial charge in [-0.3, -0.25) is 4.79 Å². The zero-order valence-electron chi connectivity index (χ0n) is 11.2. The molecular weight excluding hydrogens is 242 g/mol. The number of carbonyl (C=O) groups excluding carboxylic acids is 2. The molecule has 1 heterocycles. The van der Waals surface area contributed by atoms with Crippen molar-refractivity contribution >= 4 is 11.9 Å². The number of carbonyl (C=O) groups is 2. The molecule has 4 heteroatoms. The Bertz CT molecular complexity index is 444. The predicted molar refractivity (Wildman–Crippen MR) is 71.7 cm³/mol. The van der Waals surface area contributed by atoms with Crippen LogP contribution in [-0.4, -0.2) is 29.4 Å². The third-order valence-electron chi connectivity index (χ3n) is 3.34. The van der Waals surface area contributed by atoms with Gasteiger partial charge in [0.1, 0.15) is 12.4 Å². The SMILES string of the molecule is CC(=O)C[C@H]1CCCN1C(=O)OCc1ccccc1. The van der Waals surface area contributed by atoms with Gasteiger partial charge in [-0.2, -0.15) is 0 Å². The van der Waals surface area contributed by atoms with Crippen LogP contribution in [0.3, 0.4) is 0 Å². The van der Waals surface area contributed by atoms with Gasteiger partial charge in [0.15, 0.2) is 0 Å². The van der Waals surface area contributed by atoms with E-state index in [-0.39, 0.29) is 24.5 Å². The van der Waals surface area contributed by atoms with Gasteiger partial charge in [-0.05, 0) is 25.3 Å². The second-order valence-corrected chi connectivity index (χ2v) is 4.94. The smallest absolute Gasteiger partial charge is 0.410 e. The molecular formula is C15H19NO3. The average molecular weight is 261 g/mol. The summed E-state index contributed by atoms with van der Waals surface area (Å²) < 4.78 is 5.30. The molecule has 0 bridgehead atoms. The lowest BCUT2D eigenvalue weighted by atomic mass is 10.1. The van der Waals surface area contributed by atoms with Crippen molar-refractivity contribution in [2.45, 2.75) is 38.8 Å². The minimum atomic E-state index is -0.312. The van der Waals surface area contributed by atoms with Crippen LogP contribution in [0.5, 0.6) is 0 Å². The molecule has 0 radical (unpaired) electrons. The standard InChI is InChI=1S/C15H19NO3/c1-12(17)10-14-8-5-9-16(14)15(18)19-11-13-6-3-2-4-7-13/h2-4,6-7,14H,5,8-11H2,1H3/t14-/m1/s1. The van der Waals surface area contributed by atoms with E-state index >= 15 is 0 Å². The average Bonchev–Trinajstić information content (AvgIpc) is 2.84. The van der Waals surface area contributed by atoms with Crippen LogP contribution in [0, 0.1) is 0 Å². The van der Waals surface area contributed by atoms with Crippen molar-refractivity contribution in [2.75, 3.05) is 6.54 Å². The quantitative estimate of drug-likeness (QED) is 0.837. The molecule has 1 aliphatic rings. The van der Waals surface area contributed by atoms with Crippen LogP contribution >= 0.6 is 0 Å². The summed E-state index contributed by atoms with van der Waals surface area (Å²) in [6.45, 7) is 2.53. The predicted octanol–water partition coefficient (Wildman–Crippen LogP) is 2.77. The number of nitrogens with zero attached hydrogens (tertiary/aromatic N) is 1. The maximum Gasteiger partial charge on any atom is 0.410 e. The van der Waals surface area contributed by atoms with Crippen LogP contribution in [0.4, 0.5) is 4.79 Å². The molecule has 1 aliphatic heterocycles. The zero-order chi connectivity index (χ0) is 13.7. The first-order valence-electron chi connectivity index (χ1n) is 6.63. The fourth-order valence-electron chi connectivity index (χ4n) is 2.42. The lowest BCUT2D eigenvalue weighted by Gasteiger charge is -2.23. The minimum Gasteiger partial charge on any atom is -0.445 e. The van der Waals surface area contributed by atoms with Crippen LogP contribution in [0.15, 0.2) is 30.3 Å². The molecule has 102 valence electrons. The number of Topliss-reactive ketones (excluding diaryl/α,β-unsaturated/α-hetero) is 1. The number of ether oxygens (including phenoxy) is 1. The fourth-order valence-corrected chi connectivity index (χ4v) is 2.42. The van der Waals surface area contributed by atoms with Crippen molar-refractivity contribution in [1.29, 1.82) is 0 Å². The second kappa shape index (κ2) is 6.36. The van der Waals surface area contributed by atoms with Crippen LogP contribution in [0.25, 0.3) is 0 Å². The summed E-state index contributed by atoms with van der Waals surface area (Å²) in [6.07, 6.45) is 1.95. The normalized spacial score (nSPS) is 18.4. The van der Waals surface area contributed by atoms with Gasteiger partial charge in [0.25, 0.3) is 0 Å². The summed E-state index contributed by atoms with van der Waals surface area (Å²) >= 11 is 0. The summed E-state index contributed by atoms with van der Waals surface area (Å²) in [5.41, 5.74) is 0.971. The first kappa shape index (κ1) is 13.6. The summed E-state index contributed by atoms with van der Waals surface area (Å²) in [5, 5.41) is 0. The Hall–Kier alpha value is -1.84. The molecule has 1 aromatic carbocycles. The van der Waals surface area contributed by atoms with Gasteiger partial charge in [0.2, 0.25) is 0 Å². The number of hydrogen-bond acceptors (Lipinski definition) is 3. The van der Waals surface area contributed by atoms with E-state index in [0.29, 0.717) is 13.0 Å². The van der Waals surface area contributed by atoms with Gasteiger partial charge in [0.05, 0.1) is 0 Å². The summed E-state index contributed by atoms with van der Waals surface area (Å²) in [6, 6.07) is 9.61. The molecule has 0 spiro atoms. The van der Waals surface area contributed by atoms with Crippen molar-refractivity contribution in [3.63, 3.8) is 0 Å². The van der Waals surface area contributed by atoms with Crippen LogP contribution in [0.1, 0.15) is 31.7 Å². The highest BCUT2D eigenvalue weighted by atomic mass is 16.6. The van der Waals surface area contributed by atoms with Gasteiger partial charge in [-0.25, -0.2) is 4.79 Å². The number of likely N-dealkylation sites (tertiary alicyclic amines) is 1. The number of benzene rings is 1. The van der Waals surface area contributed by atoms with Gasteiger partial charge >= 0.3 is 6.09 Å². The molecule has 1 saturated heterocycles. The molecule has 0 N–H and O–H groups in total. The first-order chi connectivity index (χ1) is 9.16. The van der Waals surface area contributed by atoms with Crippen LogP contribution < -0.4 is 0 Å². The minimum absolute atomic E-state index is 0.0146. The van der Waals surface area contributed by atoms with E-state index in [2.05, 4.69) is 0 Å². The number of hydrogen-bond donors (Lipinski definition) is 0. The number of rotatable bonds is 4. The highest BCUT2D eigenvalue weighted by Gasteiger charge is 2.30. The third-order valence-corrected chi connectivity index (χ3v) is 3.34. The van der Waals surface area contributed by atoms with E-state index in [1.807, 2.05) is 30.3 Å². The molecule has 19 heavy (non-hydrogen) atoms. The topological polar surface area (TPSA) is 46.6 Å². The van der Waals surface area contributed by atoms with Crippen molar-refractivity contribution in [2.24, 2.45) is 0 Å². The molecule has 0 aliphatic carbocycles. The molecule has 2 rings (SSSR count). The van der Waals surface area contributed by atoms with Crippen molar-refractivity contribution in [3.05, 3.63) is 35.9 Å². The Morgan fingerprint density at radius 2 is 2.05 bits per heavy atom. The summed E-state index contributed by atoms with van der Waals surface area (Å²) in [7, 11) is 0. The van der Waals surface area contributed by atoms with Crippen LogP contribution in [-0.2, 0) is 16.1 Å². The Morgan fingerprint density at radius 3 is 2.74 bits per heavy atom. The Kier molecular flexibility index (Phi) is 4.55. The number of amides is 1. The summed E-state index contributed by atoms with van der Waals surface area (Å²) in [4.78, 5) is 24.9. The molecule has 4 nitrogen and oxygen atoms in total. The van der Waals surface area contributed by atoms with Gasteiger partial charge in [0, 0.05) is 19.0 Å². The lowest BCUT2D eigenvalue weighted by molar-refractivity contribution is -0.117. The molecule has 1 fully saturated rings. The molecule has 0 saturated carbocycles. The van der Waals surface area contributed by atoms with Crippen LogP contribution in [0.2, 0.25) is 0 Å². The van der Waals surface area contributed by atoms with E-state index < -0.39 is 0 Å². The van der Waals surface area contributed by atoms with Crippen molar-refractivity contribution in [1.82, 2.24) is 4.90 Å². The van der Waals surface area contributed by atoms with Crippen molar-refractivity contribution in [3.8, 4) is 0 Å². The second-order valence-electron chi connectivity index (χ2n) is 4.94. The molecule has 1 aromatic rings. The monoisotopic (exact) mass is 261 g/mol. The van der Waals surface area contributed by atoms with E-state index in [0.717, 1.165) is 18.4 Å². The van der Waals surface area contributed by atoms with E-state index in [4.69, 9.17) is 4.74 Å². The molecule has 1 amide bonds. The van der Waals surface area contributed by atoms with E-state index in [1.54, 1.807) is 11.8 Å². The third kappa shape index (κ3) is 3.81. The lowest BCUT2D eigenvalue weighted by Crippen LogP contribution is -2.36. The largest absolute Gasteiger partial charge is 0.445 e. The van der Waals surface area contributed by atoms with E-state index in [9.17, 15) is 9.59 Å². The summed E-state index contributed by atoms with van der Waals surface area (Å²) in [5.74, 6) is 0.118. The number of ketones is 1. The maximum absolute atomic E-state index is 12.0. The van der Waals surface area contributed by atoms with Crippen molar-refractivity contribution < 1.29 is 14.3 Å². The Labute approximate surface area is 113 Å².